The fraction of sp³-hybridized carbons (Fsp3) is 0.0667. The van der Waals surface area contributed by atoms with Gasteiger partial charge in [0.05, 0.1) is 21.8 Å². The number of fused-ring (bicyclic) bond motifs is 1. The molecule has 0 atom stereocenters. The van der Waals surface area contributed by atoms with Crippen molar-refractivity contribution < 1.29 is 33.0 Å². The molecule has 1 aliphatic rings. The Balaban J connectivity index is 1.90. The number of aromatic carboxylic acids is 1. The van der Waals surface area contributed by atoms with E-state index in [0.717, 1.165) is 12.1 Å². The summed E-state index contributed by atoms with van der Waals surface area (Å²) in [6.45, 7) is 0. The molecule has 2 aromatic carbocycles. The van der Waals surface area contributed by atoms with Gasteiger partial charge in [0.25, 0.3) is 5.91 Å². The van der Waals surface area contributed by atoms with Crippen LogP contribution in [0.5, 0.6) is 11.5 Å². The lowest BCUT2D eigenvalue weighted by Crippen LogP contribution is -2.25. The molecule has 0 bridgehead atoms. The van der Waals surface area contributed by atoms with Gasteiger partial charge >= 0.3 is 12.3 Å². The fourth-order valence-electron chi connectivity index (χ4n) is 2.12. The lowest BCUT2D eigenvalue weighted by Gasteiger charge is -2.10. The molecule has 0 saturated heterocycles. The van der Waals surface area contributed by atoms with Crippen molar-refractivity contribution in [3.63, 3.8) is 0 Å². The summed E-state index contributed by atoms with van der Waals surface area (Å²) in [5.41, 5.74) is -0.343. The van der Waals surface area contributed by atoms with Gasteiger partial charge in [0.1, 0.15) is 0 Å². The summed E-state index contributed by atoms with van der Waals surface area (Å²) in [6.07, 6.45) is -3.82. The van der Waals surface area contributed by atoms with Crippen LogP contribution in [-0.2, 0) is 0 Å². The SMILES string of the molecule is O=C(O)c1ccccc1C(=O)Nc1cc2c(cc1Cl)OC(F)(F)O2. The normalized spacial score (nSPS) is 14.3. The lowest BCUT2D eigenvalue weighted by molar-refractivity contribution is -0.286. The molecular formula is C15H8ClF2NO5. The third kappa shape index (κ3) is 2.95. The second kappa shape index (κ2) is 5.64. The van der Waals surface area contributed by atoms with Gasteiger partial charge in [-0.15, -0.1) is 8.78 Å². The van der Waals surface area contributed by atoms with Crippen LogP contribution in [0.1, 0.15) is 20.7 Å². The van der Waals surface area contributed by atoms with E-state index in [1.165, 1.54) is 24.3 Å². The zero-order chi connectivity index (χ0) is 17.5. The number of amides is 1. The van der Waals surface area contributed by atoms with Gasteiger partial charge in [0, 0.05) is 12.1 Å². The summed E-state index contributed by atoms with van der Waals surface area (Å²) in [6, 6.07) is 7.67. The maximum absolute atomic E-state index is 13.0. The van der Waals surface area contributed by atoms with E-state index in [2.05, 4.69) is 14.8 Å². The molecule has 0 fully saturated rings. The van der Waals surface area contributed by atoms with Crippen LogP contribution in [-0.4, -0.2) is 23.3 Å². The molecular weight excluding hydrogens is 348 g/mol. The van der Waals surface area contributed by atoms with Crippen molar-refractivity contribution in [3.05, 3.63) is 52.5 Å². The Morgan fingerprint density at radius 3 is 2.29 bits per heavy atom. The highest BCUT2D eigenvalue weighted by atomic mass is 35.5. The molecule has 24 heavy (non-hydrogen) atoms. The van der Waals surface area contributed by atoms with Crippen LogP contribution in [0.4, 0.5) is 14.5 Å². The summed E-state index contributed by atoms with van der Waals surface area (Å²) in [5, 5.41) is 11.4. The Morgan fingerprint density at radius 2 is 1.67 bits per heavy atom. The van der Waals surface area contributed by atoms with Crippen molar-refractivity contribution in [3.8, 4) is 11.5 Å². The maximum atomic E-state index is 13.0. The number of nitrogens with one attached hydrogen (secondary N) is 1. The number of benzene rings is 2. The summed E-state index contributed by atoms with van der Waals surface area (Å²) in [4.78, 5) is 23.4. The van der Waals surface area contributed by atoms with Crippen LogP contribution < -0.4 is 14.8 Å². The average Bonchev–Trinajstić information content (AvgIpc) is 2.80. The zero-order valence-electron chi connectivity index (χ0n) is 11.7. The standard InChI is InChI=1S/C15H8ClF2NO5/c16-9-5-11-12(24-15(17,18)23-11)6-10(9)19-13(20)7-3-1-2-4-8(7)14(21)22/h1-6H,(H,19,20)(H,21,22). The van der Waals surface area contributed by atoms with Crippen molar-refractivity contribution in [2.45, 2.75) is 6.29 Å². The van der Waals surface area contributed by atoms with E-state index in [0.29, 0.717) is 0 Å². The zero-order valence-corrected chi connectivity index (χ0v) is 12.4. The van der Waals surface area contributed by atoms with E-state index in [1.54, 1.807) is 0 Å². The summed E-state index contributed by atoms with van der Waals surface area (Å²) >= 11 is 5.92. The predicted molar refractivity (Wildman–Crippen MR) is 79.0 cm³/mol. The Hall–Kier alpha value is -2.87. The first-order valence-corrected chi connectivity index (χ1v) is 6.88. The van der Waals surface area contributed by atoms with Crippen LogP contribution in [0.15, 0.2) is 36.4 Å². The number of hydrogen-bond donors (Lipinski definition) is 2. The van der Waals surface area contributed by atoms with Gasteiger partial charge in [-0.25, -0.2) is 4.79 Å². The van der Waals surface area contributed by atoms with Gasteiger partial charge in [-0.2, -0.15) is 0 Å². The van der Waals surface area contributed by atoms with Crippen molar-refractivity contribution >= 4 is 29.2 Å². The Morgan fingerprint density at radius 1 is 1.08 bits per heavy atom. The quantitative estimate of drug-likeness (QED) is 0.878. The molecule has 0 aliphatic carbocycles. The number of alkyl halides is 2. The van der Waals surface area contributed by atoms with Crippen LogP contribution in [0.2, 0.25) is 5.02 Å². The van der Waals surface area contributed by atoms with Gasteiger partial charge in [-0.1, -0.05) is 23.7 Å². The minimum Gasteiger partial charge on any atom is -0.478 e. The van der Waals surface area contributed by atoms with Gasteiger partial charge in [0.15, 0.2) is 11.5 Å². The van der Waals surface area contributed by atoms with Crippen molar-refractivity contribution in [1.29, 1.82) is 0 Å². The number of rotatable bonds is 3. The molecule has 0 aromatic heterocycles. The summed E-state index contributed by atoms with van der Waals surface area (Å²) < 4.78 is 34.6. The van der Waals surface area contributed by atoms with Gasteiger partial charge in [-0.3, -0.25) is 4.79 Å². The Kier molecular flexibility index (Phi) is 3.76. The van der Waals surface area contributed by atoms with E-state index < -0.39 is 18.2 Å². The van der Waals surface area contributed by atoms with Gasteiger partial charge in [-0.05, 0) is 12.1 Å². The highest BCUT2D eigenvalue weighted by molar-refractivity contribution is 6.34. The number of hydrogen-bond acceptors (Lipinski definition) is 4. The second-order valence-electron chi connectivity index (χ2n) is 4.75. The molecule has 3 rings (SSSR count). The summed E-state index contributed by atoms with van der Waals surface area (Å²) in [7, 11) is 0. The number of carbonyl (C=O) groups excluding carboxylic acids is 1. The van der Waals surface area contributed by atoms with Crippen LogP contribution >= 0.6 is 11.6 Å². The molecule has 9 heteroatoms. The monoisotopic (exact) mass is 355 g/mol. The molecule has 0 unspecified atom stereocenters. The molecule has 6 nitrogen and oxygen atoms in total. The number of anilines is 1. The third-order valence-corrected chi connectivity index (χ3v) is 3.45. The molecule has 0 spiro atoms. The van der Waals surface area contributed by atoms with E-state index in [-0.39, 0.29) is 33.3 Å². The number of carboxylic acid groups (broad SMARTS) is 1. The minimum atomic E-state index is -3.82. The first kappa shape index (κ1) is 16.0. The topological polar surface area (TPSA) is 84.9 Å². The number of ether oxygens (including phenoxy) is 2. The van der Waals surface area contributed by atoms with Crippen LogP contribution in [0.3, 0.4) is 0 Å². The van der Waals surface area contributed by atoms with E-state index in [4.69, 9.17) is 16.7 Å². The highest BCUT2D eigenvalue weighted by Gasteiger charge is 2.43. The molecule has 2 aromatic rings. The smallest absolute Gasteiger partial charge is 0.478 e. The Bertz CT molecular complexity index is 856. The number of carbonyl (C=O) groups is 2. The molecule has 1 amide bonds. The largest absolute Gasteiger partial charge is 0.586 e. The molecule has 2 N–H and O–H groups in total. The Labute approximate surface area is 138 Å². The predicted octanol–water partition coefficient (Wildman–Crippen LogP) is 3.61. The third-order valence-electron chi connectivity index (χ3n) is 3.14. The van der Waals surface area contributed by atoms with Gasteiger partial charge < -0.3 is 19.9 Å². The van der Waals surface area contributed by atoms with Gasteiger partial charge in [0.2, 0.25) is 0 Å². The van der Waals surface area contributed by atoms with Crippen molar-refractivity contribution in [2.24, 2.45) is 0 Å². The maximum Gasteiger partial charge on any atom is 0.586 e. The second-order valence-corrected chi connectivity index (χ2v) is 5.16. The van der Waals surface area contributed by atoms with E-state index in [1.807, 2.05) is 0 Å². The molecule has 0 radical (unpaired) electrons. The first-order chi connectivity index (χ1) is 11.3. The fourth-order valence-corrected chi connectivity index (χ4v) is 2.33. The van der Waals surface area contributed by atoms with E-state index in [9.17, 15) is 18.4 Å². The lowest BCUT2D eigenvalue weighted by atomic mass is 10.1. The highest BCUT2D eigenvalue weighted by Crippen LogP contribution is 2.45. The molecule has 124 valence electrons. The number of halogens is 3. The average molecular weight is 356 g/mol. The van der Waals surface area contributed by atoms with Crippen molar-refractivity contribution in [2.75, 3.05) is 5.32 Å². The first-order valence-electron chi connectivity index (χ1n) is 6.50. The minimum absolute atomic E-state index is 0.0260. The molecule has 0 saturated carbocycles. The van der Waals surface area contributed by atoms with E-state index >= 15 is 0 Å². The van der Waals surface area contributed by atoms with Crippen LogP contribution in [0, 0.1) is 0 Å². The molecule has 1 heterocycles. The summed E-state index contributed by atoms with van der Waals surface area (Å²) in [5.74, 6) is -2.61. The van der Waals surface area contributed by atoms with Crippen LogP contribution in [0.25, 0.3) is 0 Å². The number of carboxylic acids is 1. The van der Waals surface area contributed by atoms with Crippen molar-refractivity contribution in [1.82, 2.24) is 0 Å². The molecule has 1 aliphatic heterocycles.